The first-order valence-corrected chi connectivity index (χ1v) is 6.17. The molecule has 0 saturated carbocycles. The van der Waals surface area contributed by atoms with Crippen molar-refractivity contribution in [2.75, 3.05) is 12.4 Å². The molecule has 7 nitrogen and oxygen atoms in total. The number of hydrogen-bond acceptors (Lipinski definition) is 6. The van der Waals surface area contributed by atoms with Gasteiger partial charge in [-0.1, -0.05) is 0 Å². The van der Waals surface area contributed by atoms with Crippen LogP contribution in [-0.4, -0.2) is 36.0 Å². The molecular formula is C14H17NO6. The van der Waals surface area contributed by atoms with Crippen molar-refractivity contribution in [3.8, 4) is 11.5 Å². The lowest BCUT2D eigenvalue weighted by Gasteiger charge is -2.18. The second-order valence-electron chi connectivity index (χ2n) is 4.37. The number of methoxy groups -OCH3 is 1. The molecule has 1 unspecified atom stereocenters. The van der Waals surface area contributed by atoms with Gasteiger partial charge in [0.05, 0.1) is 12.7 Å². The van der Waals surface area contributed by atoms with Crippen LogP contribution in [0.1, 0.15) is 31.1 Å². The smallest absolute Gasteiger partial charge is 0.325 e. The van der Waals surface area contributed by atoms with E-state index in [9.17, 15) is 14.4 Å². The summed E-state index contributed by atoms with van der Waals surface area (Å²) in [6.07, 6.45) is 0. The van der Waals surface area contributed by atoms with Crippen LogP contribution < -0.4 is 14.8 Å². The van der Waals surface area contributed by atoms with Gasteiger partial charge in [0.15, 0.2) is 17.3 Å². The summed E-state index contributed by atoms with van der Waals surface area (Å²) in [5.41, 5.74) is 0.425. The lowest BCUT2D eigenvalue weighted by atomic mass is 10.1. The number of benzene rings is 1. The van der Waals surface area contributed by atoms with E-state index in [0.717, 1.165) is 0 Å². The van der Waals surface area contributed by atoms with Crippen molar-refractivity contribution >= 4 is 23.4 Å². The van der Waals surface area contributed by atoms with Crippen molar-refractivity contribution in [3.05, 3.63) is 17.7 Å². The monoisotopic (exact) mass is 295 g/mol. The van der Waals surface area contributed by atoms with Gasteiger partial charge in [0.25, 0.3) is 0 Å². The van der Waals surface area contributed by atoms with E-state index >= 15 is 0 Å². The first kappa shape index (κ1) is 16.5. The van der Waals surface area contributed by atoms with E-state index in [-0.39, 0.29) is 22.8 Å². The minimum Gasteiger partial charge on any atom is -0.492 e. The number of nitrogens with one attached hydrogen (secondary N) is 1. The van der Waals surface area contributed by atoms with Gasteiger partial charge in [-0.3, -0.25) is 14.4 Å². The van der Waals surface area contributed by atoms with E-state index in [4.69, 9.17) is 14.6 Å². The number of esters is 1. The number of ketones is 1. The van der Waals surface area contributed by atoms with Gasteiger partial charge in [-0.05, 0) is 26.0 Å². The van der Waals surface area contributed by atoms with Crippen molar-refractivity contribution in [2.24, 2.45) is 0 Å². The number of aliphatic carboxylic acids is 1. The summed E-state index contributed by atoms with van der Waals surface area (Å²) < 4.78 is 10.1. The SMILES string of the molecule is COc1c(OC(C)=O)ccc(NC(C)C(=O)O)c1C(C)=O. The standard InChI is InChI=1S/C14H17NO6/c1-7(14(18)19)15-10-5-6-11(21-9(3)17)13(20-4)12(10)8(2)16/h5-7,15H,1-4H3,(H,18,19). The molecule has 0 spiro atoms. The third-order valence-electron chi connectivity index (χ3n) is 2.67. The number of carboxylic acids is 1. The summed E-state index contributed by atoms with van der Waals surface area (Å²) >= 11 is 0. The highest BCUT2D eigenvalue weighted by Crippen LogP contribution is 2.37. The summed E-state index contributed by atoms with van der Waals surface area (Å²) in [5.74, 6) is -1.78. The summed E-state index contributed by atoms with van der Waals surface area (Å²) in [7, 11) is 1.33. The molecule has 0 heterocycles. The average molecular weight is 295 g/mol. The summed E-state index contributed by atoms with van der Waals surface area (Å²) in [5, 5.41) is 11.6. The van der Waals surface area contributed by atoms with E-state index < -0.39 is 18.0 Å². The second kappa shape index (κ2) is 6.74. The fraction of sp³-hybridized carbons (Fsp3) is 0.357. The van der Waals surface area contributed by atoms with E-state index in [0.29, 0.717) is 5.69 Å². The van der Waals surface area contributed by atoms with Gasteiger partial charge >= 0.3 is 11.9 Å². The molecule has 0 aliphatic carbocycles. The maximum Gasteiger partial charge on any atom is 0.325 e. The van der Waals surface area contributed by atoms with E-state index in [2.05, 4.69) is 5.32 Å². The predicted octanol–water partition coefficient (Wildman–Crippen LogP) is 1.71. The van der Waals surface area contributed by atoms with Gasteiger partial charge in [-0.15, -0.1) is 0 Å². The Labute approximate surface area is 121 Å². The van der Waals surface area contributed by atoms with Crippen molar-refractivity contribution in [1.82, 2.24) is 0 Å². The number of rotatable bonds is 6. The van der Waals surface area contributed by atoms with Crippen LogP contribution >= 0.6 is 0 Å². The molecule has 0 aliphatic heterocycles. The third kappa shape index (κ3) is 3.95. The van der Waals surface area contributed by atoms with Crippen LogP contribution in [0.25, 0.3) is 0 Å². The van der Waals surface area contributed by atoms with Crippen LogP contribution in [0.2, 0.25) is 0 Å². The molecule has 0 aromatic heterocycles. The van der Waals surface area contributed by atoms with Gasteiger partial charge in [0, 0.05) is 12.6 Å². The van der Waals surface area contributed by atoms with Crippen molar-refractivity contribution in [1.29, 1.82) is 0 Å². The normalized spacial score (nSPS) is 11.4. The number of anilines is 1. The van der Waals surface area contributed by atoms with Crippen molar-refractivity contribution < 1.29 is 29.0 Å². The molecule has 114 valence electrons. The molecule has 21 heavy (non-hydrogen) atoms. The Bertz CT molecular complexity index is 581. The third-order valence-corrected chi connectivity index (χ3v) is 2.67. The Balaban J connectivity index is 3.36. The molecule has 0 fully saturated rings. The Kier molecular flexibility index (Phi) is 5.29. The largest absolute Gasteiger partial charge is 0.492 e. The molecule has 0 bridgehead atoms. The van der Waals surface area contributed by atoms with E-state index in [1.54, 1.807) is 0 Å². The van der Waals surface area contributed by atoms with Gasteiger partial charge < -0.3 is 19.9 Å². The Morgan fingerprint density at radius 2 is 1.86 bits per heavy atom. The minimum absolute atomic E-state index is 0.0836. The molecule has 1 aromatic carbocycles. The van der Waals surface area contributed by atoms with Crippen LogP contribution in [0, 0.1) is 0 Å². The highest BCUT2D eigenvalue weighted by Gasteiger charge is 2.22. The Morgan fingerprint density at radius 1 is 1.24 bits per heavy atom. The molecule has 1 aromatic rings. The first-order valence-electron chi connectivity index (χ1n) is 6.17. The van der Waals surface area contributed by atoms with Crippen molar-refractivity contribution in [2.45, 2.75) is 26.8 Å². The molecular weight excluding hydrogens is 278 g/mol. The van der Waals surface area contributed by atoms with Gasteiger partial charge in [-0.25, -0.2) is 0 Å². The van der Waals surface area contributed by atoms with Gasteiger partial charge in [-0.2, -0.15) is 0 Å². The summed E-state index contributed by atoms with van der Waals surface area (Å²) in [6.45, 7) is 3.98. The van der Waals surface area contributed by atoms with Crippen LogP contribution in [0.4, 0.5) is 5.69 Å². The zero-order chi connectivity index (χ0) is 16.2. The Hall–Kier alpha value is -2.57. The number of hydrogen-bond donors (Lipinski definition) is 2. The number of ether oxygens (including phenoxy) is 2. The van der Waals surface area contributed by atoms with E-state index in [1.165, 1.54) is 40.0 Å². The van der Waals surface area contributed by atoms with Crippen LogP contribution in [0.15, 0.2) is 12.1 Å². The highest BCUT2D eigenvalue weighted by molar-refractivity contribution is 6.03. The summed E-state index contributed by atoms with van der Waals surface area (Å²) in [6, 6.07) is 2.01. The number of carbonyl (C=O) groups is 3. The molecule has 1 atom stereocenters. The fourth-order valence-corrected chi connectivity index (χ4v) is 1.77. The lowest BCUT2D eigenvalue weighted by Crippen LogP contribution is -2.26. The van der Waals surface area contributed by atoms with E-state index in [1.807, 2.05) is 0 Å². The van der Waals surface area contributed by atoms with Crippen LogP contribution in [0.3, 0.4) is 0 Å². The zero-order valence-corrected chi connectivity index (χ0v) is 12.2. The summed E-state index contributed by atoms with van der Waals surface area (Å²) in [4.78, 5) is 33.8. The second-order valence-corrected chi connectivity index (χ2v) is 4.37. The lowest BCUT2D eigenvalue weighted by molar-refractivity contribution is -0.137. The molecule has 7 heteroatoms. The minimum atomic E-state index is -1.06. The molecule has 1 rings (SSSR count). The average Bonchev–Trinajstić information content (AvgIpc) is 2.38. The van der Waals surface area contributed by atoms with Gasteiger partial charge in [0.2, 0.25) is 0 Å². The topological polar surface area (TPSA) is 102 Å². The maximum atomic E-state index is 11.8. The van der Waals surface area contributed by atoms with Crippen LogP contribution in [0.5, 0.6) is 11.5 Å². The molecule has 0 radical (unpaired) electrons. The van der Waals surface area contributed by atoms with Crippen molar-refractivity contribution in [3.63, 3.8) is 0 Å². The fourth-order valence-electron chi connectivity index (χ4n) is 1.77. The zero-order valence-electron chi connectivity index (χ0n) is 12.2. The maximum absolute atomic E-state index is 11.8. The molecule has 2 N–H and O–H groups in total. The highest BCUT2D eigenvalue weighted by atomic mass is 16.6. The quantitative estimate of drug-likeness (QED) is 0.468. The number of Topliss-reactive ketones (excluding diaryl/α,β-unsaturated/α-hetero) is 1. The van der Waals surface area contributed by atoms with Crippen LogP contribution in [-0.2, 0) is 9.59 Å². The number of carboxylic acid groups (broad SMARTS) is 1. The molecule has 0 aliphatic rings. The Morgan fingerprint density at radius 3 is 2.29 bits per heavy atom. The predicted molar refractivity (Wildman–Crippen MR) is 75.0 cm³/mol. The molecule has 0 saturated heterocycles. The molecule has 0 amide bonds. The first-order chi connectivity index (χ1) is 9.77. The van der Waals surface area contributed by atoms with Gasteiger partial charge in [0.1, 0.15) is 6.04 Å². The number of carbonyl (C=O) groups excluding carboxylic acids is 2.